The zero-order chi connectivity index (χ0) is 11.4. The van der Waals surface area contributed by atoms with Crippen LogP contribution >= 0.6 is 11.6 Å². The maximum atomic E-state index is 11.6. The van der Waals surface area contributed by atoms with Gasteiger partial charge in [0.15, 0.2) is 0 Å². The zero-order valence-electron chi connectivity index (χ0n) is 8.33. The Morgan fingerprint density at radius 3 is 2.93 bits per heavy atom. The molecule has 4 N–H and O–H groups in total. The number of anilines is 1. The molecular weight excluding hydrogens is 216 g/mol. The SMILES string of the molecule is C[C@@H](CO)NC(=O)c1cc(Cl)ccc1N. The van der Waals surface area contributed by atoms with Crippen LogP contribution in [0.4, 0.5) is 5.69 Å². The fourth-order valence-electron chi connectivity index (χ4n) is 1.07. The maximum absolute atomic E-state index is 11.6. The largest absolute Gasteiger partial charge is 0.398 e. The molecule has 0 saturated carbocycles. The number of carbonyl (C=O) groups is 1. The highest BCUT2D eigenvalue weighted by Crippen LogP contribution is 2.17. The quantitative estimate of drug-likeness (QED) is 0.677. The molecule has 4 nitrogen and oxygen atoms in total. The molecule has 0 bridgehead atoms. The van der Waals surface area contributed by atoms with Gasteiger partial charge in [-0.15, -0.1) is 0 Å². The number of hydrogen-bond donors (Lipinski definition) is 3. The van der Waals surface area contributed by atoms with Gasteiger partial charge in [-0.25, -0.2) is 0 Å². The van der Waals surface area contributed by atoms with E-state index in [4.69, 9.17) is 22.4 Å². The second kappa shape index (κ2) is 5.00. The molecule has 82 valence electrons. The zero-order valence-corrected chi connectivity index (χ0v) is 9.08. The van der Waals surface area contributed by atoms with E-state index in [0.717, 1.165) is 0 Å². The van der Waals surface area contributed by atoms with Crippen molar-refractivity contribution in [3.63, 3.8) is 0 Å². The van der Waals surface area contributed by atoms with Gasteiger partial charge in [0.1, 0.15) is 0 Å². The average molecular weight is 229 g/mol. The molecule has 0 spiro atoms. The summed E-state index contributed by atoms with van der Waals surface area (Å²) in [4.78, 5) is 11.6. The maximum Gasteiger partial charge on any atom is 0.253 e. The van der Waals surface area contributed by atoms with Gasteiger partial charge in [-0.1, -0.05) is 11.6 Å². The van der Waals surface area contributed by atoms with Crippen molar-refractivity contribution in [3.8, 4) is 0 Å². The number of amides is 1. The topological polar surface area (TPSA) is 75.3 Å². The van der Waals surface area contributed by atoms with Crippen LogP contribution in [0.3, 0.4) is 0 Å². The first-order chi connectivity index (χ1) is 7.04. The molecule has 0 aromatic heterocycles. The molecule has 0 aliphatic heterocycles. The summed E-state index contributed by atoms with van der Waals surface area (Å²) < 4.78 is 0. The number of rotatable bonds is 3. The Morgan fingerprint density at radius 2 is 2.33 bits per heavy atom. The van der Waals surface area contributed by atoms with E-state index in [-0.39, 0.29) is 18.6 Å². The van der Waals surface area contributed by atoms with Gasteiger partial charge in [0.25, 0.3) is 5.91 Å². The lowest BCUT2D eigenvalue weighted by atomic mass is 10.1. The molecule has 5 heteroatoms. The number of aliphatic hydroxyl groups excluding tert-OH is 1. The number of nitrogens with two attached hydrogens (primary N) is 1. The Kier molecular flexibility index (Phi) is 3.94. The van der Waals surface area contributed by atoms with Crippen molar-refractivity contribution in [1.29, 1.82) is 0 Å². The van der Waals surface area contributed by atoms with Gasteiger partial charge in [0.2, 0.25) is 0 Å². The van der Waals surface area contributed by atoms with Crippen molar-refractivity contribution in [2.45, 2.75) is 13.0 Å². The molecule has 1 atom stereocenters. The molecule has 1 aromatic rings. The number of hydrogen-bond acceptors (Lipinski definition) is 3. The fourth-order valence-corrected chi connectivity index (χ4v) is 1.24. The van der Waals surface area contributed by atoms with Crippen LogP contribution in [0.5, 0.6) is 0 Å². The molecule has 0 unspecified atom stereocenters. The van der Waals surface area contributed by atoms with Crippen LogP contribution in [-0.2, 0) is 0 Å². The minimum atomic E-state index is -0.337. The van der Waals surface area contributed by atoms with Crippen molar-refractivity contribution >= 4 is 23.2 Å². The third-order valence-corrected chi connectivity index (χ3v) is 2.15. The van der Waals surface area contributed by atoms with Crippen molar-refractivity contribution in [2.75, 3.05) is 12.3 Å². The van der Waals surface area contributed by atoms with Crippen LogP contribution in [-0.4, -0.2) is 23.7 Å². The standard InChI is InChI=1S/C10H13ClN2O2/c1-6(5-14)13-10(15)8-4-7(11)2-3-9(8)12/h2-4,6,14H,5,12H2,1H3,(H,13,15)/t6-/m0/s1. The van der Waals surface area contributed by atoms with E-state index in [1.165, 1.54) is 6.07 Å². The average Bonchev–Trinajstić information content (AvgIpc) is 2.21. The number of aliphatic hydroxyl groups is 1. The van der Waals surface area contributed by atoms with E-state index < -0.39 is 0 Å². The van der Waals surface area contributed by atoms with E-state index in [1.54, 1.807) is 19.1 Å². The van der Waals surface area contributed by atoms with Crippen molar-refractivity contribution in [1.82, 2.24) is 5.32 Å². The van der Waals surface area contributed by atoms with Crippen LogP contribution in [0.1, 0.15) is 17.3 Å². The smallest absolute Gasteiger partial charge is 0.253 e. The van der Waals surface area contributed by atoms with E-state index in [9.17, 15) is 4.79 Å². The summed E-state index contributed by atoms with van der Waals surface area (Å²) in [5, 5.41) is 11.8. The van der Waals surface area contributed by atoms with Gasteiger partial charge in [-0.3, -0.25) is 4.79 Å². The van der Waals surface area contributed by atoms with E-state index in [1.807, 2.05) is 0 Å². The number of benzene rings is 1. The summed E-state index contributed by atoms with van der Waals surface area (Å²) in [6.45, 7) is 1.57. The number of carbonyl (C=O) groups excluding carboxylic acids is 1. The van der Waals surface area contributed by atoms with Crippen molar-refractivity contribution < 1.29 is 9.90 Å². The molecule has 15 heavy (non-hydrogen) atoms. The highest BCUT2D eigenvalue weighted by molar-refractivity contribution is 6.31. The normalized spacial score (nSPS) is 12.2. The molecule has 1 rings (SSSR count). The lowest BCUT2D eigenvalue weighted by Gasteiger charge is -2.12. The van der Waals surface area contributed by atoms with E-state index in [0.29, 0.717) is 16.3 Å². The van der Waals surface area contributed by atoms with E-state index in [2.05, 4.69) is 5.32 Å². The highest BCUT2D eigenvalue weighted by Gasteiger charge is 2.12. The second-order valence-corrected chi connectivity index (χ2v) is 3.73. The van der Waals surface area contributed by atoms with Gasteiger partial charge >= 0.3 is 0 Å². The van der Waals surface area contributed by atoms with E-state index >= 15 is 0 Å². The number of halogens is 1. The Hall–Kier alpha value is -1.26. The summed E-state index contributed by atoms with van der Waals surface area (Å²) in [7, 11) is 0. The Morgan fingerprint density at radius 1 is 1.67 bits per heavy atom. The molecule has 0 fully saturated rings. The minimum absolute atomic E-state index is 0.119. The molecule has 1 aromatic carbocycles. The van der Waals surface area contributed by atoms with Gasteiger partial charge in [-0.05, 0) is 25.1 Å². The summed E-state index contributed by atoms with van der Waals surface area (Å²) >= 11 is 5.75. The molecule has 1 amide bonds. The fraction of sp³-hybridized carbons (Fsp3) is 0.300. The van der Waals surface area contributed by atoms with Gasteiger partial charge in [0, 0.05) is 16.8 Å². The first-order valence-electron chi connectivity index (χ1n) is 4.51. The van der Waals surface area contributed by atoms with Crippen LogP contribution in [0, 0.1) is 0 Å². The third kappa shape index (κ3) is 3.11. The van der Waals surface area contributed by atoms with Crippen LogP contribution < -0.4 is 11.1 Å². The summed E-state index contributed by atoms with van der Waals surface area (Å²) in [5.74, 6) is -0.337. The van der Waals surface area contributed by atoms with Crippen LogP contribution in [0.2, 0.25) is 5.02 Å². The van der Waals surface area contributed by atoms with Crippen molar-refractivity contribution in [3.05, 3.63) is 28.8 Å². The van der Waals surface area contributed by atoms with Crippen LogP contribution in [0.25, 0.3) is 0 Å². The molecule has 0 radical (unpaired) electrons. The van der Waals surface area contributed by atoms with Gasteiger partial charge in [0.05, 0.1) is 12.2 Å². The first kappa shape index (κ1) is 11.8. The lowest BCUT2D eigenvalue weighted by molar-refractivity contribution is 0.0923. The predicted molar refractivity (Wildman–Crippen MR) is 59.9 cm³/mol. The van der Waals surface area contributed by atoms with Gasteiger partial charge in [-0.2, -0.15) is 0 Å². The third-order valence-electron chi connectivity index (χ3n) is 1.91. The Bertz CT molecular complexity index is 368. The summed E-state index contributed by atoms with van der Waals surface area (Å²) in [6.07, 6.45) is 0. The highest BCUT2D eigenvalue weighted by atomic mass is 35.5. The molecular formula is C10H13ClN2O2. The lowest BCUT2D eigenvalue weighted by Crippen LogP contribution is -2.35. The number of nitrogens with one attached hydrogen (secondary N) is 1. The molecule has 0 aliphatic carbocycles. The minimum Gasteiger partial charge on any atom is -0.398 e. The first-order valence-corrected chi connectivity index (χ1v) is 4.89. The Balaban J connectivity index is 2.86. The summed E-state index contributed by atoms with van der Waals surface area (Å²) in [5.41, 5.74) is 6.31. The second-order valence-electron chi connectivity index (χ2n) is 3.29. The van der Waals surface area contributed by atoms with Gasteiger partial charge < -0.3 is 16.2 Å². The Labute approximate surface area is 93.0 Å². The molecule has 0 heterocycles. The van der Waals surface area contributed by atoms with Crippen molar-refractivity contribution in [2.24, 2.45) is 0 Å². The predicted octanol–water partition coefficient (Wildman–Crippen LogP) is 1.03. The molecule has 0 aliphatic rings. The monoisotopic (exact) mass is 228 g/mol. The van der Waals surface area contributed by atoms with Crippen LogP contribution in [0.15, 0.2) is 18.2 Å². The summed E-state index contributed by atoms with van der Waals surface area (Å²) in [6, 6.07) is 4.37. The number of nitrogen functional groups attached to an aromatic ring is 1. The molecule has 0 saturated heterocycles.